The number of benzene rings is 1. The Morgan fingerprint density at radius 2 is 2.12 bits per heavy atom. The van der Waals surface area contributed by atoms with Gasteiger partial charge in [-0.2, -0.15) is 10.4 Å². The molecule has 0 unspecified atom stereocenters. The second kappa shape index (κ2) is 7.20. The molecule has 1 fully saturated rings. The minimum absolute atomic E-state index is 0.0364. The van der Waals surface area contributed by atoms with E-state index in [4.69, 9.17) is 5.26 Å². The quantitative estimate of drug-likeness (QED) is 0.727. The summed E-state index contributed by atoms with van der Waals surface area (Å²) in [6.45, 7) is 4.24. The molecule has 7 heteroatoms. The van der Waals surface area contributed by atoms with Crippen LogP contribution in [0.25, 0.3) is 16.9 Å². The number of halogens is 1. The Labute approximate surface area is 143 Å². The molecule has 0 saturated carbocycles. The van der Waals surface area contributed by atoms with Crippen LogP contribution < -0.4 is 5.32 Å². The molecule has 0 bridgehead atoms. The first-order valence-corrected chi connectivity index (χ1v) is 7.86. The van der Waals surface area contributed by atoms with Crippen LogP contribution in [0.15, 0.2) is 30.5 Å². The van der Waals surface area contributed by atoms with Crippen LogP contribution in [0.2, 0.25) is 0 Å². The van der Waals surface area contributed by atoms with Crippen LogP contribution in [0, 0.1) is 24.1 Å². The van der Waals surface area contributed by atoms with Gasteiger partial charge in [0.1, 0.15) is 23.3 Å². The number of nitriles is 1. The van der Waals surface area contributed by atoms with Crippen molar-refractivity contribution >= 4 is 11.9 Å². The van der Waals surface area contributed by atoms with Crippen LogP contribution in [0.1, 0.15) is 28.0 Å². The van der Waals surface area contributed by atoms with Crippen molar-refractivity contribution in [1.82, 2.24) is 19.9 Å². The molecule has 6 nitrogen and oxygen atoms in total. The number of aromatic nitrogens is 3. The number of hydrogen-bond acceptors (Lipinski definition) is 5. The lowest BCUT2D eigenvalue weighted by Crippen LogP contribution is -2.29. The number of aryl methyl sites for hydroxylation is 1. The number of rotatable bonds is 2. The van der Waals surface area contributed by atoms with E-state index in [-0.39, 0.29) is 11.3 Å². The zero-order valence-corrected chi connectivity index (χ0v) is 13.7. The Bertz CT molecular complexity index is 965. The van der Waals surface area contributed by atoms with Gasteiger partial charge in [0.2, 0.25) is 0 Å². The highest BCUT2D eigenvalue weighted by atomic mass is 19.1. The third-order valence-corrected chi connectivity index (χ3v) is 3.93. The van der Waals surface area contributed by atoms with Gasteiger partial charge in [-0.15, -0.1) is 0 Å². The molecule has 3 heterocycles. The summed E-state index contributed by atoms with van der Waals surface area (Å²) in [7, 11) is 0. The van der Waals surface area contributed by atoms with Gasteiger partial charge in [0.05, 0.1) is 5.56 Å². The fraction of sp³-hybridized carbons (Fsp3) is 0.222. The van der Waals surface area contributed by atoms with Crippen LogP contribution in [0.5, 0.6) is 0 Å². The Hall–Kier alpha value is -3.11. The van der Waals surface area contributed by atoms with Crippen molar-refractivity contribution in [2.24, 2.45) is 0 Å². The second-order valence-electron chi connectivity index (χ2n) is 5.62. The van der Waals surface area contributed by atoms with Crippen molar-refractivity contribution < 1.29 is 9.18 Å². The van der Waals surface area contributed by atoms with Crippen molar-refractivity contribution in [2.45, 2.75) is 13.3 Å². The van der Waals surface area contributed by atoms with Gasteiger partial charge in [-0.05, 0) is 56.3 Å². The highest BCUT2D eigenvalue weighted by Crippen LogP contribution is 2.28. The van der Waals surface area contributed by atoms with Crippen LogP contribution >= 0.6 is 0 Å². The molecule has 1 aliphatic heterocycles. The molecule has 1 saturated heterocycles. The van der Waals surface area contributed by atoms with E-state index >= 15 is 0 Å². The molecule has 3 aromatic rings. The number of carbonyl (C=O) groups is 1. The molecule has 1 aliphatic rings. The van der Waals surface area contributed by atoms with Gasteiger partial charge >= 0.3 is 0 Å². The summed E-state index contributed by atoms with van der Waals surface area (Å²) in [6.07, 6.45) is 3.56. The first kappa shape index (κ1) is 16.7. The van der Waals surface area contributed by atoms with E-state index in [9.17, 15) is 9.18 Å². The molecule has 4 rings (SSSR count). The van der Waals surface area contributed by atoms with E-state index in [1.165, 1.54) is 36.2 Å². The Balaban J connectivity index is 0.000000401. The van der Waals surface area contributed by atoms with E-state index in [0.717, 1.165) is 0 Å². The van der Waals surface area contributed by atoms with Crippen molar-refractivity contribution in [3.8, 4) is 17.3 Å². The molecule has 0 aliphatic carbocycles. The highest BCUT2D eigenvalue weighted by molar-refractivity contribution is 5.86. The lowest BCUT2D eigenvalue weighted by Gasteiger charge is -2.09. The molecule has 25 heavy (non-hydrogen) atoms. The first-order valence-electron chi connectivity index (χ1n) is 7.86. The largest absolute Gasteiger partial charge is 0.317 e. The number of fused-ring (bicyclic) bond motifs is 1. The van der Waals surface area contributed by atoms with E-state index < -0.39 is 5.82 Å². The van der Waals surface area contributed by atoms with Gasteiger partial charge in [0.15, 0.2) is 11.9 Å². The summed E-state index contributed by atoms with van der Waals surface area (Å²) in [6, 6.07) is 7.88. The smallest absolute Gasteiger partial charge is 0.170 e. The first-order chi connectivity index (χ1) is 12.2. The van der Waals surface area contributed by atoms with Crippen LogP contribution in [-0.2, 0) is 0 Å². The maximum Gasteiger partial charge on any atom is 0.170 e. The zero-order valence-electron chi connectivity index (χ0n) is 13.7. The lowest BCUT2D eigenvalue weighted by atomic mass is 10.0. The Kier molecular flexibility index (Phi) is 4.82. The minimum atomic E-state index is -0.638. The summed E-state index contributed by atoms with van der Waals surface area (Å²) in [5.41, 5.74) is 2.22. The number of nitrogens with one attached hydrogen (secondary N) is 1. The summed E-state index contributed by atoms with van der Waals surface area (Å²) in [4.78, 5) is 15.4. The summed E-state index contributed by atoms with van der Waals surface area (Å²) >= 11 is 0. The number of hydrogen-bond donors (Lipinski definition) is 1. The second-order valence-corrected chi connectivity index (χ2v) is 5.62. The SMILES string of the molecule is C1CNC1.Cc1cc(C#N)c(F)cc1-c1c(C=O)nc2cccnn12. The van der Waals surface area contributed by atoms with E-state index in [0.29, 0.717) is 28.8 Å². The monoisotopic (exact) mass is 337 g/mol. The highest BCUT2D eigenvalue weighted by Gasteiger charge is 2.18. The molecule has 2 aromatic heterocycles. The van der Waals surface area contributed by atoms with Gasteiger partial charge in [-0.3, -0.25) is 4.79 Å². The van der Waals surface area contributed by atoms with Gasteiger partial charge in [-0.1, -0.05) is 0 Å². The maximum atomic E-state index is 13.9. The van der Waals surface area contributed by atoms with Crippen molar-refractivity contribution in [2.75, 3.05) is 13.1 Å². The third kappa shape index (κ3) is 3.25. The van der Waals surface area contributed by atoms with Gasteiger partial charge in [0, 0.05) is 11.8 Å². The van der Waals surface area contributed by atoms with Crippen molar-refractivity contribution in [3.63, 3.8) is 0 Å². The molecule has 126 valence electrons. The topological polar surface area (TPSA) is 83.1 Å². The minimum Gasteiger partial charge on any atom is -0.317 e. The van der Waals surface area contributed by atoms with Gasteiger partial charge in [-0.25, -0.2) is 13.9 Å². The molecular formula is C18H16FN5O. The molecule has 0 radical (unpaired) electrons. The predicted molar refractivity (Wildman–Crippen MR) is 90.7 cm³/mol. The number of aldehydes is 1. The third-order valence-electron chi connectivity index (χ3n) is 3.93. The standard InChI is InChI=1S/C15H9FN4O.C3H7N/c1-9-5-10(7-17)12(16)6-11(9)15-13(8-21)19-14-3-2-4-18-20(14)15;1-2-4-3-1/h2-6,8H,1H3;4H,1-3H2. The van der Waals surface area contributed by atoms with Crippen LogP contribution in [0.3, 0.4) is 0 Å². The zero-order chi connectivity index (χ0) is 17.8. The summed E-state index contributed by atoms with van der Waals surface area (Å²) in [5, 5.41) is 16.1. The fourth-order valence-electron chi connectivity index (χ4n) is 2.44. The van der Waals surface area contributed by atoms with E-state index in [1.807, 2.05) is 0 Å². The molecule has 1 N–H and O–H groups in total. The van der Waals surface area contributed by atoms with E-state index in [1.54, 1.807) is 31.3 Å². The van der Waals surface area contributed by atoms with E-state index in [2.05, 4.69) is 15.4 Å². The van der Waals surface area contributed by atoms with Crippen LogP contribution in [0.4, 0.5) is 4.39 Å². The maximum absolute atomic E-state index is 13.9. The number of imidazole rings is 1. The molecular weight excluding hydrogens is 321 g/mol. The normalized spacial score (nSPS) is 12.7. The fourth-order valence-corrected chi connectivity index (χ4v) is 2.44. The van der Waals surface area contributed by atoms with Crippen molar-refractivity contribution in [1.29, 1.82) is 5.26 Å². The molecule has 1 aromatic carbocycles. The predicted octanol–water partition coefficient (Wildman–Crippen LogP) is 2.51. The number of nitrogens with zero attached hydrogens (tertiary/aromatic N) is 4. The summed E-state index contributed by atoms with van der Waals surface area (Å²) in [5.74, 6) is -0.638. The average molecular weight is 337 g/mol. The van der Waals surface area contributed by atoms with Gasteiger partial charge in [0.25, 0.3) is 0 Å². The summed E-state index contributed by atoms with van der Waals surface area (Å²) < 4.78 is 15.4. The van der Waals surface area contributed by atoms with Crippen molar-refractivity contribution in [3.05, 3.63) is 53.1 Å². The molecule has 0 amide bonds. The average Bonchev–Trinajstić information content (AvgIpc) is 2.93. The molecule has 0 spiro atoms. The molecule has 0 atom stereocenters. The Morgan fingerprint density at radius 3 is 2.72 bits per heavy atom. The van der Waals surface area contributed by atoms with Gasteiger partial charge < -0.3 is 5.32 Å². The van der Waals surface area contributed by atoms with Crippen LogP contribution in [-0.4, -0.2) is 34.0 Å². The Morgan fingerprint density at radius 1 is 1.40 bits per heavy atom. The lowest BCUT2D eigenvalue weighted by molar-refractivity contribution is 0.112. The number of carbonyl (C=O) groups excluding carboxylic acids is 1.